The Morgan fingerprint density at radius 1 is 1.10 bits per heavy atom. The summed E-state index contributed by atoms with van der Waals surface area (Å²) >= 11 is 0. The van der Waals surface area contributed by atoms with Crippen LogP contribution in [0, 0.1) is 0 Å². The lowest BCUT2D eigenvalue weighted by atomic mass is 10.0. The number of hydrogen-bond donors (Lipinski definition) is 2. The van der Waals surface area contributed by atoms with Gasteiger partial charge in [-0.3, -0.25) is 5.10 Å². The third-order valence-corrected chi connectivity index (χ3v) is 3.38. The van der Waals surface area contributed by atoms with E-state index in [9.17, 15) is 0 Å². The van der Waals surface area contributed by atoms with E-state index in [1.807, 2.05) is 7.05 Å². The summed E-state index contributed by atoms with van der Waals surface area (Å²) in [7, 11) is 1.81. The predicted octanol–water partition coefficient (Wildman–Crippen LogP) is 3.19. The molecule has 2 aromatic heterocycles. The number of hydrogen-bond acceptors (Lipinski definition) is 4. The molecule has 0 spiro atoms. The van der Waals surface area contributed by atoms with Crippen molar-refractivity contribution in [1.82, 2.24) is 20.2 Å². The van der Waals surface area contributed by atoms with Crippen molar-refractivity contribution < 1.29 is 0 Å². The van der Waals surface area contributed by atoms with Crippen LogP contribution in [0.15, 0.2) is 30.5 Å². The van der Waals surface area contributed by atoms with Gasteiger partial charge in [-0.1, -0.05) is 38.1 Å². The summed E-state index contributed by atoms with van der Waals surface area (Å²) in [5.74, 6) is 1.11. The summed E-state index contributed by atoms with van der Waals surface area (Å²) in [5, 5.41) is 10.9. The van der Waals surface area contributed by atoms with Crippen molar-refractivity contribution in [3.63, 3.8) is 0 Å². The van der Waals surface area contributed by atoms with Crippen molar-refractivity contribution in [3.8, 4) is 11.3 Å². The molecular formula is C15H17N5. The van der Waals surface area contributed by atoms with Crippen molar-refractivity contribution in [2.45, 2.75) is 19.8 Å². The second kappa shape index (κ2) is 4.92. The van der Waals surface area contributed by atoms with E-state index >= 15 is 0 Å². The molecule has 5 heteroatoms. The number of H-pyrrole nitrogens is 1. The summed E-state index contributed by atoms with van der Waals surface area (Å²) in [6.07, 6.45) is 1.76. The van der Waals surface area contributed by atoms with Crippen LogP contribution in [-0.2, 0) is 0 Å². The minimum atomic E-state index is 0.524. The van der Waals surface area contributed by atoms with Gasteiger partial charge in [0, 0.05) is 12.6 Å². The molecule has 102 valence electrons. The highest BCUT2D eigenvalue weighted by Gasteiger charge is 2.11. The molecule has 2 heterocycles. The number of anilines is 1. The largest absolute Gasteiger partial charge is 0.357 e. The van der Waals surface area contributed by atoms with Crippen LogP contribution in [0.5, 0.6) is 0 Å². The Kier molecular flexibility index (Phi) is 3.10. The maximum atomic E-state index is 4.55. The van der Waals surface area contributed by atoms with Gasteiger partial charge < -0.3 is 5.32 Å². The Bertz CT molecular complexity index is 728. The van der Waals surface area contributed by atoms with Gasteiger partial charge in [-0.25, -0.2) is 4.98 Å². The number of aromatic amines is 1. The van der Waals surface area contributed by atoms with Crippen LogP contribution < -0.4 is 5.32 Å². The SMILES string of the molecule is CNc1nc(-c2ccc(C(C)C)cc2)c2cn[nH]c2n1. The van der Waals surface area contributed by atoms with Crippen LogP contribution in [0.2, 0.25) is 0 Å². The Morgan fingerprint density at radius 2 is 1.85 bits per heavy atom. The van der Waals surface area contributed by atoms with Crippen LogP contribution in [0.25, 0.3) is 22.3 Å². The highest BCUT2D eigenvalue weighted by atomic mass is 15.2. The Morgan fingerprint density at radius 3 is 2.50 bits per heavy atom. The molecule has 2 N–H and O–H groups in total. The van der Waals surface area contributed by atoms with Gasteiger partial charge in [-0.15, -0.1) is 0 Å². The molecule has 0 bridgehead atoms. The fraction of sp³-hybridized carbons (Fsp3) is 0.267. The molecule has 5 nitrogen and oxygen atoms in total. The summed E-state index contributed by atoms with van der Waals surface area (Å²) in [4.78, 5) is 8.90. The zero-order chi connectivity index (χ0) is 14.1. The Hall–Kier alpha value is -2.43. The standard InChI is InChI=1S/C15H17N5/c1-9(2)10-4-6-11(7-5-10)13-12-8-17-20-14(12)19-15(16-3)18-13/h4-9H,1-3H3,(H2,16,17,18,19,20). The summed E-state index contributed by atoms with van der Waals surface area (Å²) in [5.41, 5.74) is 4.02. The van der Waals surface area contributed by atoms with Crippen molar-refractivity contribution in [1.29, 1.82) is 0 Å². The van der Waals surface area contributed by atoms with E-state index in [1.165, 1.54) is 5.56 Å². The topological polar surface area (TPSA) is 66.5 Å². The normalized spacial score (nSPS) is 11.2. The average molecular weight is 267 g/mol. The first-order valence-electron chi connectivity index (χ1n) is 6.68. The quantitative estimate of drug-likeness (QED) is 0.765. The first kappa shape index (κ1) is 12.6. The number of aromatic nitrogens is 4. The lowest BCUT2D eigenvalue weighted by molar-refractivity contribution is 0.867. The number of nitrogens with zero attached hydrogens (tertiary/aromatic N) is 3. The number of benzene rings is 1. The van der Waals surface area contributed by atoms with Crippen LogP contribution in [0.1, 0.15) is 25.3 Å². The molecule has 0 aliphatic heterocycles. The van der Waals surface area contributed by atoms with Crippen molar-refractivity contribution >= 4 is 17.0 Å². The highest BCUT2D eigenvalue weighted by molar-refractivity contribution is 5.90. The third-order valence-electron chi connectivity index (χ3n) is 3.38. The molecule has 0 unspecified atom stereocenters. The highest BCUT2D eigenvalue weighted by Crippen LogP contribution is 2.27. The fourth-order valence-electron chi connectivity index (χ4n) is 2.19. The van der Waals surface area contributed by atoms with Crippen molar-refractivity contribution in [3.05, 3.63) is 36.0 Å². The maximum Gasteiger partial charge on any atom is 0.225 e. The zero-order valence-electron chi connectivity index (χ0n) is 11.8. The molecule has 3 rings (SSSR count). The number of fused-ring (bicyclic) bond motifs is 1. The number of rotatable bonds is 3. The summed E-state index contributed by atoms with van der Waals surface area (Å²) < 4.78 is 0. The van der Waals surface area contributed by atoms with E-state index < -0.39 is 0 Å². The Balaban J connectivity index is 2.15. The molecule has 0 atom stereocenters. The lowest BCUT2D eigenvalue weighted by Gasteiger charge is -2.08. The van der Waals surface area contributed by atoms with E-state index in [0.29, 0.717) is 11.9 Å². The molecule has 1 aromatic carbocycles. The molecule has 0 saturated heterocycles. The van der Waals surface area contributed by atoms with Gasteiger partial charge in [0.15, 0.2) is 5.65 Å². The number of nitrogens with one attached hydrogen (secondary N) is 2. The van der Waals surface area contributed by atoms with Crippen LogP contribution in [0.3, 0.4) is 0 Å². The van der Waals surface area contributed by atoms with Crippen LogP contribution in [-0.4, -0.2) is 27.2 Å². The van der Waals surface area contributed by atoms with E-state index in [4.69, 9.17) is 0 Å². The fourth-order valence-corrected chi connectivity index (χ4v) is 2.19. The molecule has 3 aromatic rings. The second-order valence-corrected chi connectivity index (χ2v) is 5.05. The first-order valence-corrected chi connectivity index (χ1v) is 6.68. The monoisotopic (exact) mass is 267 g/mol. The maximum absolute atomic E-state index is 4.55. The smallest absolute Gasteiger partial charge is 0.225 e. The zero-order valence-corrected chi connectivity index (χ0v) is 11.8. The van der Waals surface area contributed by atoms with Gasteiger partial charge in [0.2, 0.25) is 5.95 Å². The van der Waals surface area contributed by atoms with Gasteiger partial charge in [0.1, 0.15) is 0 Å². The minimum Gasteiger partial charge on any atom is -0.357 e. The van der Waals surface area contributed by atoms with Gasteiger partial charge in [-0.2, -0.15) is 10.1 Å². The molecule has 0 fully saturated rings. The average Bonchev–Trinajstić information content (AvgIpc) is 2.94. The third kappa shape index (κ3) is 2.11. The van der Waals surface area contributed by atoms with E-state index in [0.717, 1.165) is 22.3 Å². The summed E-state index contributed by atoms with van der Waals surface area (Å²) in [6, 6.07) is 8.49. The minimum absolute atomic E-state index is 0.524. The second-order valence-electron chi connectivity index (χ2n) is 5.05. The van der Waals surface area contributed by atoms with E-state index in [-0.39, 0.29) is 0 Å². The van der Waals surface area contributed by atoms with Gasteiger partial charge >= 0.3 is 0 Å². The van der Waals surface area contributed by atoms with Crippen molar-refractivity contribution in [2.24, 2.45) is 0 Å². The summed E-state index contributed by atoms with van der Waals surface area (Å²) in [6.45, 7) is 4.38. The Labute approximate surface area is 117 Å². The van der Waals surface area contributed by atoms with Crippen LogP contribution >= 0.6 is 0 Å². The molecule has 0 aliphatic carbocycles. The molecule has 0 aliphatic rings. The van der Waals surface area contributed by atoms with Crippen LogP contribution in [0.4, 0.5) is 5.95 Å². The predicted molar refractivity (Wildman–Crippen MR) is 80.8 cm³/mol. The molecular weight excluding hydrogens is 250 g/mol. The molecule has 0 saturated carbocycles. The molecule has 0 radical (unpaired) electrons. The lowest BCUT2D eigenvalue weighted by Crippen LogP contribution is -1.98. The van der Waals surface area contributed by atoms with E-state index in [1.54, 1.807) is 6.20 Å². The van der Waals surface area contributed by atoms with Gasteiger partial charge in [-0.05, 0) is 11.5 Å². The van der Waals surface area contributed by atoms with Crippen molar-refractivity contribution in [2.75, 3.05) is 12.4 Å². The first-order chi connectivity index (χ1) is 9.69. The molecule has 0 amide bonds. The van der Waals surface area contributed by atoms with E-state index in [2.05, 4.69) is 63.6 Å². The van der Waals surface area contributed by atoms with Gasteiger partial charge in [0.25, 0.3) is 0 Å². The van der Waals surface area contributed by atoms with Gasteiger partial charge in [0.05, 0.1) is 17.3 Å². The molecule has 20 heavy (non-hydrogen) atoms.